The molecule has 0 radical (unpaired) electrons. The number of thiazole rings is 1. The second kappa shape index (κ2) is 9.77. The zero-order valence-electron chi connectivity index (χ0n) is 18.9. The van der Waals surface area contributed by atoms with E-state index >= 15 is 0 Å². The number of nitrogens with zero attached hydrogens (tertiary/aromatic N) is 3. The molecule has 1 atom stereocenters. The third-order valence-electron chi connectivity index (χ3n) is 5.81. The summed E-state index contributed by atoms with van der Waals surface area (Å²) in [5, 5.41) is 5.67. The smallest absolute Gasteiger partial charge is 0.249 e. The molecule has 5 rings (SSSR count). The lowest BCUT2D eigenvalue weighted by Crippen LogP contribution is -2.61. The van der Waals surface area contributed by atoms with Gasteiger partial charge in [0.15, 0.2) is 10.2 Å². The molecule has 0 aliphatic carbocycles. The van der Waals surface area contributed by atoms with Crippen LogP contribution < -0.4 is 15.1 Å². The molecule has 4 aromatic rings. The average molecular weight is 499 g/mol. The monoisotopic (exact) mass is 498 g/mol. The quantitative estimate of drug-likeness (QED) is 0.280. The lowest BCUT2D eigenvalue weighted by atomic mass is 10.0. The fourth-order valence-electron chi connectivity index (χ4n) is 3.98. The third-order valence-corrected chi connectivity index (χ3v) is 7.00. The summed E-state index contributed by atoms with van der Waals surface area (Å²) >= 11 is 7.07. The highest BCUT2D eigenvalue weighted by Gasteiger charge is 2.46. The lowest BCUT2D eigenvalue weighted by molar-refractivity contribution is -0.131. The molecule has 1 unspecified atom stereocenters. The van der Waals surface area contributed by atoms with E-state index in [1.807, 2.05) is 97.2 Å². The minimum absolute atomic E-state index is 0.110. The first-order chi connectivity index (χ1) is 17.0. The van der Waals surface area contributed by atoms with Gasteiger partial charge in [0.25, 0.3) is 0 Å². The van der Waals surface area contributed by atoms with E-state index in [1.54, 1.807) is 0 Å². The SMILES string of the molecule is Cc1ccccc1N1C(=O)C(CNc2ccccc2)C(=O)N(c2nc(-c3ccccc3)cs2)C1=S. The van der Waals surface area contributed by atoms with Crippen LogP contribution >= 0.6 is 23.6 Å². The van der Waals surface area contributed by atoms with Gasteiger partial charge in [0.05, 0.1) is 11.4 Å². The van der Waals surface area contributed by atoms with Gasteiger partial charge in [-0.3, -0.25) is 14.5 Å². The summed E-state index contributed by atoms with van der Waals surface area (Å²) in [4.78, 5) is 34.9. The van der Waals surface area contributed by atoms with E-state index in [0.717, 1.165) is 22.5 Å². The molecule has 174 valence electrons. The van der Waals surface area contributed by atoms with Gasteiger partial charge >= 0.3 is 0 Å². The summed E-state index contributed by atoms with van der Waals surface area (Å²) in [5.74, 6) is -1.71. The molecule has 8 heteroatoms. The maximum Gasteiger partial charge on any atom is 0.249 e. The molecule has 1 aliphatic heterocycles. The number of carbonyl (C=O) groups is 2. The molecule has 2 heterocycles. The first-order valence-corrected chi connectivity index (χ1v) is 12.4. The van der Waals surface area contributed by atoms with Crippen LogP contribution in [0.1, 0.15) is 5.56 Å². The summed E-state index contributed by atoms with van der Waals surface area (Å²) in [6.45, 7) is 2.06. The number of rotatable bonds is 6. The molecule has 0 spiro atoms. The number of aryl methyl sites for hydroxylation is 1. The number of benzene rings is 3. The number of hydrogen-bond acceptors (Lipinski definition) is 6. The Bertz CT molecular complexity index is 1390. The highest BCUT2D eigenvalue weighted by atomic mass is 32.1. The molecule has 1 N–H and O–H groups in total. The van der Waals surface area contributed by atoms with Crippen molar-refractivity contribution < 1.29 is 9.59 Å². The lowest BCUT2D eigenvalue weighted by Gasteiger charge is -2.38. The number of anilines is 3. The largest absolute Gasteiger partial charge is 0.384 e. The molecule has 3 aromatic carbocycles. The summed E-state index contributed by atoms with van der Waals surface area (Å²) < 4.78 is 0. The molecule has 1 saturated heterocycles. The summed E-state index contributed by atoms with van der Waals surface area (Å²) in [7, 11) is 0. The molecule has 0 bridgehead atoms. The first kappa shape index (κ1) is 22.9. The van der Waals surface area contributed by atoms with Crippen molar-refractivity contribution in [1.82, 2.24) is 4.98 Å². The third kappa shape index (κ3) is 4.45. The minimum atomic E-state index is -0.967. The average Bonchev–Trinajstić information content (AvgIpc) is 3.36. The summed E-state index contributed by atoms with van der Waals surface area (Å²) in [5.41, 5.74) is 4.07. The summed E-state index contributed by atoms with van der Waals surface area (Å²) in [6.07, 6.45) is 0. The number of amides is 2. The Morgan fingerprint density at radius 3 is 2.23 bits per heavy atom. The predicted octanol–water partition coefficient (Wildman–Crippen LogP) is 5.51. The number of para-hydroxylation sites is 2. The zero-order valence-corrected chi connectivity index (χ0v) is 20.6. The Balaban J connectivity index is 1.53. The zero-order chi connectivity index (χ0) is 24.4. The minimum Gasteiger partial charge on any atom is -0.384 e. The van der Waals surface area contributed by atoms with Gasteiger partial charge in [0.1, 0.15) is 5.92 Å². The van der Waals surface area contributed by atoms with Crippen molar-refractivity contribution in [1.29, 1.82) is 0 Å². The molecule has 1 fully saturated rings. The van der Waals surface area contributed by atoms with Crippen LogP contribution in [0, 0.1) is 12.8 Å². The molecule has 35 heavy (non-hydrogen) atoms. The van der Waals surface area contributed by atoms with Gasteiger partial charge in [-0.2, -0.15) is 0 Å². The Morgan fingerprint density at radius 2 is 1.51 bits per heavy atom. The fraction of sp³-hybridized carbons (Fsp3) is 0.111. The van der Waals surface area contributed by atoms with E-state index in [2.05, 4.69) is 5.32 Å². The van der Waals surface area contributed by atoms with E-state index in [0.29, 0.717) is 10.8 Å². The van der Waals surface area contributed by atoms with Crippen molar-refractivity contribution in [2.75, 3.05) is 21.7 Å². The molecule has 6 nitrogen and oxygen atoms in total. The van der Waals surface area contributed by atoms with E-state index in [9.17, 15) is 9.59 Å². The topological polar surface area (TPSA) is 65.5 Å². The van der Waals surface area contributed by atoms with Crippen molar-refractivity contribution in [3.05, 3.63) is 95.9 Å². The Labute approximate surface area is 212 Å². The van der Waals surface area contributed by atoms with Crippen molar-refractivity contribution >= 4 is 57.0 Å². The van der Waals surface area contributed by atoms with Crippen LogP contribution in [0.4, 0.5) is 16.5 Å². The van der Waals surface area contributed by atoms with Crippen LogP contribution in [-0.2, 0) is 9.59 Å². The normalized spacial score (nSPS) is 16.0. The standard InChI is InChI=1S/C27H22N4O2S2/c1-18-10-8-9-15-23(18)30-24(32)21(16-28-20-13-6-3-7-14-20)25(33)31(27(30)34)26-29-22(17-35-26)19-11-4-2-5-12-19/h2-15,17,21,28H,16H2,1H3. The van der Waals surface area contributed by atoms with E-state index in [4.69, 9.17) is 17.2 Å². The van der Waals surface area contributed by atoms with Gasteiger partial charge in [-0.15, -0.1) is 11.3 Å². The van der Waals surface area contributed by atoms with E-state index < -0.39 is 5.92 Å². The number of thiocarbonyl (C=S) groups is 1. The van der Waals surface area contributed by atoms with Crippen LogP contribution in [0.5, 0.6) is 0 Å². The van der Waals surface area contributed by atoms with Gasteiger partial charge in [-0.05, 0) is 42.9 Å². The number of aromatic nitrogens is 1. The second-order valence-electron chi connectivity index (χ2n) is 8.10. The van der Waals surface area contributed by atoms with Crippen LogP contribution in [0.15, 0.2) is 90.3 Å². The first-order valence-electron chi connectivity index (χ1n) is 11.1. The Kier molecular flexibility index (Phi) is 6.39. The Hall–Kier alpha value is -3.88. The van der Waals surface area contributed by atoms with Crippen LogP contribution in [-0.4, -0.2) is 28.5 Å². The van der Waals surface area contributed by atoms with E-state index in [1.165, 1.54) is 21.1 Å². The van der Waals surface area contributed by atoms with Gasteiger partial charge in [0.2, 0.25) is 11.8 Å². The van der Waals surface area contributed by atoms with E-state index in [-0.39, 0.29) is 23.5 Å². The molecular formula is C27H22N4O2S2. The van der Waals surface area contributed by atoms with Crippen LogP contribution in [0.2, 0.25) is 0 Å². The number of hydrogen-bond donors (Lipinski definition) is 1. The van der Waals surface area contributed by atoms with Crippen LogP contribution in [0.3, 0.4) is 0 Å². The maximum absolute atomic E-state index is 13.7. The summed E-state index contributed by atoms with van der Waals surface area (Å²) in [6, 6.07) is 26.8. The number of carbonyl (C=O) groups excluding carboxylic acids is 2. The highest BCUT2D eigenvalue weighted by Crippen LogP contribution is 2.34. The molecule has 2 amide bonds. The molecule has 1 aliphatic rings. The van der Waals surface area contributed by atoms with Crippen molar-refractivity contribution in [3.63, 3.8) is 0 Å². The van der Waals surface area contributed by atoms with Gasteiger partial charge in [-0.1, -0.05) is 66.7 Å². The van der Waals surface area contributed by atoms with Crippen molar-refractivity contribution in [2.24, 2.45) is 5.92 Å². The van der Waals surface area contributed by atoms with Crippen LogP contribution in [0.25, 0.3) is 11.3 Å². The van der Waals surface area contributed by atoms with Gasteiger partial charge < -0.3 is 5.32 Å². The molecular weight excluding hydrogens is 476 g/mol. The second-order valence-corrected chi connectivity index (χ2v) is 9.30. The molecule has 0 saturated carbocycles. The Morgan fingerprint density at radius 1 is 0.886 bits per heavy atom. The maximum atomic E-state index is 13.7. The van der Waals surface area contributed by atoms with Crippen molar-refractivity contribution in [2.45, 2.75) is 6.92 Å². The number of nitrogens with one attached hydrogen (secondary N) is 1. The molecule has 1 aromatic heterocycles. The highest BCUT2D eigenvalue weighted by molar-refractivity contribution is 7.81. The predicted molar refractivity (Wildman–Crippen MR) is 145 cm³/mol. The van der Waals surface area contributed by atoms with Crippen molar-refractivity contribution in [3.8, 4) is 11.3 Å². The van der Waals surface area contributed by atoms with Gasteiger partial charge in [0, 0.05) is 23.2 Å². The van der Waals surface area contributed by atoms with Gasteiger partial charge in [-0.25, -0.2) is 9.88 Å². The fourth-order valence-corrected chi connectivity index (χ4v) is 5.24.